The number of likely N-dealkylation sites (tertiary alicyclic amines) is 1. The van der Waals surface area contributed by atoms with Crippen LogP contribution in [0.25, 0.3) is 0 Å². The molecule has 1 amide bonds. The second-order valence-electron chi connectivity index (χ2n) is 6.14. The highest BCUT2D eigenvalue weighted by Gasteiger charge is 2.25. The lowest BCUT2D eigenvalue weighted by Gasteiger charge is -2.36. The van der Waals surface area contributed by atoms with Crippen LogP contribution >= 0.6 is 0 Å². The van der Waals surface area contributed by atoms with E-state index in [1.54, 1.807) is 6.92 Å². The average Bonchev–Trinajstić information content (AvgIpc) is 2.94. The van der Waals surface area contributed by atoms with E-state index in [0.29, 0.717) is 17.6 Å². The Kier molecular flexibility index (Phi) is 5.04. The number of amides is 1. The fourth-order valence-corrected chi connectivity index (χ4v) is 3.17. The van der Waals surface area contributed by atoms with Gasteiger partial charge in [-0.05, 0) is 18.8 Å². The fourth-order valence-electron chi connectivity index (χ4n) is 3.17. The number of rotatable bonds is 4. The minimum atomic E-state index is 0.102. The Morgan fingerprint density at radius 3 is 2.59 bits per heavy atom. The molecule has 7 heteroatoms. The van der Waals surface area contributed by atoms with Crippen LogP contribution in [-0.4, -0.2) is 71.8 Å². The third-order valence-corrected chi connectivity index (χ3v) is 4.47. The van der Waals surface area contributed by atoms with Gasteiger partial charge in [-0.25, -0.2) is 0 Å². The molecule has 0 aromatic carbocycles. The summed E-state index contributed by atoms with van der Waals surface area (Å²) in [6.07, 6.45) is 2.40. The maximum atomic E-state index is 12.3. The number of morpholine rings is 1. The van der Waals surface area contributed by atoms with Gasteiger partial charge in [-0.2, -0.15) is 4.98 Å². The summed E-state index contributed by atoms with van der Waals surface area (Å²) in [7, 11) is 0. The molecule has 2 aliphatic heterocycles. The van der Waals surface area contributed by atoms with Crippen LogP contribution in [0.1, 0.15) is 24.6 Å². The van der Waals surface area contributed by atoms with Crippen molar-refractivity contribution in [3.8, 4) is 0 Å². The molecule has 7 nitrogen and oxygen atoms in total. The quantitative estimate of drug-likeness (QED) is 0.806. The van der Waals surface area contributed by atoms with Gasteiger partial charge in [-0.1, -0.05) is 5.16 Å². The zero-order valence-electron chi connectivity index (χ0n) is 13.2. The van der Waals surface area contributed by atoms with Crippen LogP contribution in [0.2, 0.25) is 0 Å². The Bertz CT molecular complexity index is 491. The van der Waals surface area contributed by atoms with E-state index in [1.807, 2.05) is 4.90 Å². The molecule has 3 rings (SSSR count). The van der Waals surface area contributed by atoms with E-state index in [2.05, 4.69) is 15.0 Å². The second-order valence-corrected chi connectivity index (χ2v) is 6.14. The molecule has 0 atom stereocenters. The molecule has 0 N–H and O–H groups in total. The molecule has 0 bridgehead atoms. The Morgan fingerprint density at radius 2 is 1.95 bits per heavy atom. The predicted molar refractivity (Wildman–Crippen MR) is 79.3 cm³/mol. The van der Waals surface area contributed by atoms with Crippen LogP contribution < -0.4 is 0 Å². The molecule has 122 valence electrons. The predicted octanol–water partition coefficient (Wildman–Crippen LogP) is 0.491. The van der Waals surface area contributed by atoms with Gasteiger partial charge in [0.25, 0.3) is 0 Å². The number of hydrogen-bond acceptors (Lipinski definition) is 6. The highest BCUT2D eigenvalue weighted by molar-refractivity contribution is 5.78. The summed E-state index contributed by atoms with van der Waals surface area (Å²) in [5, 5.41) is 3.79. The van der Waals surface area contributed by atoms with Crippen LogP contribution in [-0.2, 0) is 16.0 Å². The van der Waals surface area contributed by atoms with Gasteiger partial charge in [0.1, 0.15) is 0 Å². The average molecular weight is 308 g/mol. The first kappa shape index (κ1) is 15.4. The summed E-state index contributed by atoms with van der Waals surface area (Å²) in [4.78, 5) is 20.8. The van der Waals surface area contributed by atoms with Crippen LogP contribution in [0, 0.1) is 12.8 Å². The molecule has 2 fully saturated rings. The summed E-state index contributed by atoms with van der Waals surface area (Å²) >= 11 is 0. The van der Waals surface area contributed by atoms with Crippen molar-refractivity contribution in [3.63, 3.8) is 0 Å². The Labute approximate surface area is 130 Å². The first-order valence-electron chi connectivity index (χ1n) is 8.08. The number of ether oxygens (including phenoxy) is 1. The van der Waals surface area contributed by atoms with Crippen molar-refractivity contribution >= 4 is 5.91 Å². The SMILES string of the molecule is Cc1nc(CC(=O)N2CCC(CN3CCOCC3)CC2)no1. The van der Waals surface area contributed by atoms with Crippen LogP contribution in [0.3, 0.4) is 0 Å². The standard InChI is InChI=1S/C15H24N4O3/c1-12-16-14(17-22-12)10-15(20)19-4-2-13(3-5-19)11-18-6-8-21-9-7-18/h13H,2-11H2,1H3. The largest absolute Gasteiger partial charge is 0.379 e. The van der Waals surface area contributed by atoms with E-state index in [9.17, 15) is 4.79 Å². The summed E-state index contributed by atoms with van der Waals surface area (Å²) < 4.78 is 10.3. The minimum absolute atomic E-state index is 0.102. The lowest BCUT2D eigenvalue weighted by atomic mass is 9.96. The van der Waals surface area contributed by atoms with Crippen molar-refractivity contribution < 1.29 is 14.1 Å². The van der Waals surface area contributed by atoms with Crippen molar-refractivity contribution in [2.45, 2.75) is 26.2 Å². The Balaban J connectivity index is 1.41. The van der Waals surface area contributed by atoms with E-state index >= 15 is 0 Å². The molecule has 22 heavy (non-hydrogen) atoms. The van der Waals surface area contributed by atoms with Crippen molar-refractivity contribution in [2.75, 3.05) is 45.9 Å². The third kappa shape index (κ3) is 4.04. The molecule has 3 heterocycles. The molecule has 0 spiro atoms. The maximum Gasteiger partial charge on any atom is 0.230 e. The zero-order valence-corrected chi connectivity index (χ0v) is 13.2. The lowest BCUT2D eigenvalue weighted by molar-refractivity contribution is -0.132. The van der Waals surface area contributed by atoms with Crippen molar-refractivity contribution in [1.82, 2.24) is 19.9 Å². The third-order valence-electron chi connectivity index (χ3n) is 4.47. The summed E-state index contributed by atoms with van der Waals surface area (Å²) in [6.45, 7) is 8.32. The minimum Gasteiger partial charge on any atom is -0.379 e. The van der Waals surface area contributed by atoms with Gasteiger partial charge in [-0.3, -0.25) is 9.69 Å². The van der Waals surface area contributed by atoms with E-state index < -0.39 is 0 Å². The van der Waals surface area contributed by atoms with Crippen molar-refractivity contribution in [2.24, 2.45) is 5.92 Å². The number of hydrogen-bond donors (Lipinski definition) is 0. The first-order valence-corrected chi connectivity index (χ1v) is 8.08. The summed E-state index contributed by atoms with van der Waals surface area (Å²) in [5.74, 6) is 1.78. The Hall–Kier alpha value is -1.47. The summed E-state index contributed by atoms with van der Waals surface area (Å²) in [5.41, 5.74) is 0. The van der Waals surface area contributed by atoms with E-state index in [-0.39, 0.29) is 12.3 Å². The smallest absolute Gasteiger partial charge is 0.230 e. The maximum absolute atomic E-state index is 12.3. The molecule has 0 unspecified atom stereocenters. The number of piperidine rings is 1. The van der Waals surface area contributed by atoms with Gasteiger partial charge in [0, 0.05) is 39.6 Å². The Morgan fingerprint density at radius 1 is 1.23 bits per heavy atom. The molecule has 0 aliphatic carbocycles. The van der Waals surface area contributed by atoms with Crippen molar-refractivity contribution in [3.05, 3.63) is 11.7 Å². The monoisotopic (exact) mass is 308 g/mol. The molecule has 2 saturated heterocycles. The molecular weight excluding hydrogens is 284 g/mol. The van der Waals surface area contributed by atoms with Gasteiger partial charge < -0.3 is 14.2 Å². The number of carbonyl (C=O) groups excluding carboxylic acids is 1. The van der Waals surface area contributed by atoms with Gasteiger partial charge in [-0.15, -0.1) is 0 Å². The summed E-state index contributed by atoms with van der Waals surface area (Å²) in [6, 6.07) is 0. The number of nitrogens with zero attached hydrogens (tertiary/aromatic N) is 4. The van der Waals surface area contributed by atoms with Crippen LogP contribution in [0.4, 0.5) is 0 Å². The highest BCUT2D eigenvalue weighted by atomic mass is 16.5. The number of carbonyl (C=O) groups is 1. The van der Waals surface area contributed by atoms with Gasteiger partial charge >= 0.3 is 0 Å². The molecule has 1 aromatic heterocycles. The molecule has 2 aliphatic rings. The fraction of sp³-hybridized carbons (Fsp3) is 0.800. The number of aromatic nitrogens is 2. The van der Waals surface area contributed by atoms with Gasteiger partial charge in [0.2, 0.25) is 11.8 Å². The van der Waals surface area contributed by atoms with Crippen LogP contribution in [0.5, 0.6) is 0 Å². The van der Waals surface area contributed by atoms with E-state index in [4.69, 9.17) is 9.26 Å². The van der Waals surface area contributed by atoms with Gasteiger partial charge in [0.15, 0.2) is 5.82 Å². The van der Waals surface area contributed by atoms with Crippen LogP contribution in [0.15, 0.2) is 4.52 Å². The lowest BCUT2D eigenvalue weighted by Crippen LogP contribution is -2.44. The molecule has 0 saturated carbocycles. The number of aryl methyl sites for hydroxylation is 1. The first-order chi connectivity index (χ1) is 10.7. The molecule has 1 aromatic rings. The van der Waals surface area contributed by atoms with E-state index in [1.165, 1.54) is 0 Å². The normalized spacial score (nSPS) is 21.2. The zero-order chi connectivity index (χ0) is 15.4. The highest BCUT2D eigenvalue weighted by Crippen LogP contribution is 2.19. The van der Waals surface area contributed by atoms with E-state index in [0.717, 1.165) is 58.8 Å². The second kappa shape index (κ2) is 7.19. The van der Waals surface area contributed by atoms with Crippen molar-refractivity contribution in [1.29, 1.82) is 0 Å². The van der Waals surface area contributed by atoms with Gasteiger partial charge in [0.05, 0.1) is 19.6 Å². The topological polar surface area (TPSA) is 71.7 Å². The molecular formula is C15H24N4O3. The molecule has 0 radical (unpaired) electrons.